The maximum atomic E-state index is 13.9. The number of hydrogen-bond acceptors (Lipinski definition) is 6. The Morgan fingerprint density at radius 3 is 2.17 bits per heavy atom. The largest absolute Gasteiger partial charge is 0.444 e. The van der Waals surface area contributed by atoms with Crippen LogP contribution in [0.4, 0.5) is 4.79 Å². The van der Waals surface area contributed by atoms with Gasteiger partial charge in [-0.1, -0.05) is 52.9 Å². The van der Waals surface area contributed by atoms with E-state index in [0.717, 1.165) is 24.8 Å². The zero-order valence-electron chi connectivity index (χ0n) is 29.0. The number of rotatable bonds is 7. The molecule has 10 heteroatoms. The molecule has 3 heterocycles. The summed E-state index contributed by atoms with van der Waals surface area (Å²) in [5.41, 5.74) is -1.44. The van der Waals surface area contributed by atoms with Gasteiger partial charge in [-0.15, -0.1) is 0 Å². The molecule has 3 amide bonds. The molecule has 5 rings (SSSR count). The van der Waals surface area contributed by atoms with Gasteiger partial charge in [0, 0.05) is 62.9 Å². The van der Waals surface area contributed by atoms with Crippen LogP contribution in [-0.2, 0) is 16.1 Å². The summed E-state index contributed by atoms with van der Waals surface area (Å²) in [4.78, 5) is 58.7. The van der Waals surface area contributed by atoms with Crippen LogP contribution in [0.1, 0.15) is 121 Å². The first-order valence-corrected chi connectivity index (χ1v) is 17.6. The quantitative estimate of drug-likeness (QED) is 0.448. The Morgan fingerprint density at radius 1 is 0.957 bits per heavy atom. The average Bonchev–Trinajstić information content (AvgIpc) is 3.84. The van der Waals surface area contributed by atoms with Gasteiger partial charge in [-0.05, 0) is 63.9 Å². The van der Waals surface area contributed by atoms with Gasteiger partial charge in [0.2, 0.25) is 5.91 Å². The van der Waals surface area contributed by atoms with E-state index in [1.54, 1.807) is 22.1 Å². The first-order chi connectivity index (χ1) is 21.6. The summed E-state index contributed by atoms with van der Waals surface area (Å²) in [5, 5.41) is 12.1. The van der Waals surface area contributed by atoms with Crippen LogP contribution in [-0.4, -0.2) is 92.8 Å². The van der Waals surface area contributed by atoms with E-state index < -0.39 is 16.6 Å². The van der Waals surface area contributed by atoms with Crippen LogP contribution in [0, 0.1) is 17.3 Å². The summed E-state index contributed by atoms with van der Waals surface area (Å²) in [5.74, 6) is 0.777. The Balaban J connectivity index is 1.27. The summed E-state index contributed by atoms with van der Waals surface area (Å²) in [6, 6.07) is 1.59. The van der Waals surface area contributed by atoms with Crippen molar-refractivity contribution in [3.05, 3.63) is 33.7 Å². The first-order valence-electron chi connectivity index (χ1n) is 17.6. The molecule has 4 aliphatic rings. The molecule has 4 fully saturated rings. The number of piperazine rings is 1. The van der Waals surface area contributed by atoms with E-state index in [1.165, 1.54) is 36.7 Å². The zero-order chi connectivity index (χ0) is 33.4. The van der Waals surface area contributed by atoms with Gasteiger partial charge in [0.05, 0.1) is 17.7 Å². The van der Waals surface area contributed by atoms with E-state index in [-0.39, 0.29) is 41.8 Å². The van der Waals surface area contributed by atoms with Crippen molar-refractivity contribution in [2.24, 2.45) is 17.3 Å². The third-order valence-electron chi connectivity index (χ3n) is 10.8. The zero-order valence-corrected chi connectivity index (χ0v) is 29.0. The standard InChI is InChI=1S/C36H56N4O6/c1-25(20-26-10-8-7-9-11-26)31(42)39-15-14-36(45,35(5,6)23-39)24-40-22-29(28(21-30(40)41)27-12-13-27)32(43)37-16-18-38(19-17-37)33(44)46-34(2,3)4/h21-22,25-27,45H,7-20,23-24H2,1-6H3. The van der Waals surface area contributed by atoms with Crippen LogP contribution in [0.25, 0.3) is 0 Å². The molecule has 46 heavy (non-hydrogen) atoms. The lowest BCUT2D eigenvalue weighted by Crippen LogP contribution is -2.61. The monoisotopic (exact) mass is 640 g/mol. The molecule has 2 aliphatic carbocycles. The smallest absolute Gasteiger partial charge is 0.410 e. The fourth-order valence-corrected chi connectivity index (χ4v) is 7.67. The Hall–Kier alpha value is -2.88. The van der Waals surface area contributed by atoms with Crippen molar-refractivity contribution in [2.75, 3.05) is 39.3 Å². The summed E-state index contributed by atoms with van der Waals surface area (Å²) >= 11 is 0. The minimum absolute atomic E-state index is 0.0396. The van der Waals surface area contributed by atoms with Gasteiger partial charge in [-0.25, -0.2) is 4.79 Å². The Kier molecular flexibility index (Phi) is 9.98. The summed E-state index contributed by atoms with van der Waals surface area (Å²) < 4.78 is 7.01. The molecule has 1 aromatic rings. The van der Waals surface area contributed by atoms with Crippen LogP contribution in [0.5, 0.6) is 0 Å². The van der Waals surface area contributed by atoms with E-state index >= 15 is 0 Å². The number of amides is 3. The second-order valence-corrected chi connectivity index (χ2v) is 16.2. The van der Waals surface area contributed by atoms with Gasteiger partial charge in [-0.3, -0.25) is 14.4 Å². The van der Waals surface area contributed by atoms with Crippen molar-refractivity contribution < 1.29 is 24.2 Å². The number of carbonyl (C=O) groups excluding carboxylic acids is 3. The predicted octanol–water partition coefficient (Wildman–Crippen LogP) is 5.01. The molecule has 0 radical (unpaired) electrons. The highest BCUT2D eigenvalue weighted by atomic mass is 16.6. The second kappa shape index (κ2) is 13.3. The Bertz CT molecular complexity index is 1350. The van der Waals surface area contributed by atoms with Crippen LogP contribution in [0.2, 0.25) is 0 Å². The number of piperidine rings is 1. The minimum atomic E-state index is -1.24. The fraction of sp³-hybridized carbons (Fsp3) is 0.778. The molecule has 0 spiro atoms. The average molecular weight is 641 g/mol. The molecule has 0 aromatic carbocycles. The second-order valence-electron chi connectivity index (χ2n) is 16.2. The van der Waals surface area contributed by atoms with E-state index in [4.69, 9.17) is 4.74 Å². The maximum absolute atomic E-state index is 13.9. The van der Waals surface area contributed by atoms with Gasteiger partial charge in [0.1, 0.15) is 5.60 Å². The van der Waals surface area contributed by atoms with Gasteiger partial charge < -0.3 is 29.1 Å². The lowest BCUT2D eigenvalue weighted by Gasteiger charge is -2.51. The number of hydrogen-bond donors (Lipinski definition) is 1. The lowest BCUT2D eigenvalue weighted by atomic mass is 9.69. The van der Waals surface area contributed by atoms with E-state index in [2.05, 4.69) is 0 Å². The molecular weight excluding hydrogens is 584 g/mol. The van der Waals surface area contributed by atoms with Crippen LogP contribution >= 0.6 is 0 Å². The summed E-state index contributed by atoms with van der Waals surface area (Å²) in [7, 11) is 0. The number of carbonyl (C=O) groups is 3. The molecule has 256 valence electrons. The molecular formula is C36H56N4O6. The number of nitrogens with zero attached hydrogens (tertiary/aromatic N) is 4. The van der Waals surface area contributed by atoms with Gasteiger partial charge in [0.15, 0.2) is 0 Å². The van der Waals surface area contributed by atoms with Crippen LogP contribution in [0.15, 0.2) is 17.1 Å². The maximum Gasteiger partial charge on any atom is 0.410 e. The number of aromatic nitrogens is 1. The highest BCUT2D eigenvalue weighted by Crippen LogP contribution is 2.43. The van der Waals surface area contributed by atoms with E-state index in [1.807, 2.05) is 46.4 Å². The number of likely N-dealkylation sites (tertiary alicyclic amines) is 1. The lowest BCUT2D eigenvalue weighted by molar-refractivity contribution is -0.157. The highest BCUT2D eigenvalue weighted by Gasteiger charge is 2.49. The topological polar surface area (TPSA) is 112 Å². The van der Waals surface area contributed by atoms with Crippen molar-refractivity contribution >= 4 is 17.9 Å². The first kappa shape index (κ1) is 34.5. The molecule has 10 nitrogen and oxygen atoms in total. The Morgan fingerprint density at radius 2 is 1.59 bits per heavy atom. The molecule has 1 aromatic heterocycles. The number of aliphatic hydroxyl groups is 1. The van der Waals surface area contributed by atoms with Gasteiger partial charge in [0.25, 0.3) is 11.5 Å². The third kappa shape index (κ3) is 7.80. The van der Waals surface area contributed by atoms with E-state index in [9.17, 15) is 24.3 Å². The van der Waals surface area contributed by atoms with Crippen molar-refractivity contribution in [1.82, 2.24) is 19.3 Å². The van der Waals surface area contributed by atoms with Gasteiger partial charge >= 0.3 is 6.09 Å². The van der Waals surface area contributed by atoms with Crippen molar-refractivity contribution in [3.8, 4) is 0 Å². The summed E-state index contributed by atoms with van der Waals surface area (Å²) in [6.45, 7) is 13.9. The third-order valence-corrected chi connectivity index (χ3v) is 10.8. The number of ether oxygens (including phenoxy) is 1. The van der Waals surface area contributed by atoms with Crippen molar-refractivity contribution in [3.63, 3.8) is 0 Å². The number of pyridine rings is 1. The fourth-order valence-electron chi connectivity index (χ4n) is 7.67. The van der Waals surface area contributed by atoms with Crippen LogP contribution < -0.4 is 5.56 Å². The molecule has 2 aliphatic heterocycles. The van der Waals surface area contributed by atoms with Gasteiger partial charge in [-0.2, -0.15) is 0 Å². The molecule has 2 saturated heterocycles. The van der Waals surface area contributed by atoms with E-state index in [0.29, 0.717) is 57.2 Å². The molecule has 1 N–H and O–H groups in total. The normalized spacial score (nSPS) is 24.9. The molecule has 0 bridgehead atoms. The molecule has 2 atom stereocenters. The van der Waals surface area contributed by atoms with Crippen LogP contribution in [0.3, 0.4) is 0 Å². The predicted molar refractivity (Wildman–Crippen MR) is 177 cm³/mol. The molecule has 2 saturated carbocycles. The summed E-state index contributed by atoms with van der Waals surface area (Å²) in [6.07, 6.45) is 10.7. The Labute approximate surface area is 274 Å². The molecule has 2 unspecified atom stereocenters. The minimum Gasteiger partial charge on any atom is -0.444 e. The van der Waals surface area contributed by atoms with Crippen molar-refractivity contribution in [1.29, 1.82) is 0 Å². The SMILES string of the molecule is CC(CC1CCCCC1)C(=O)N1CCC(O)(Cn2cc(C(=O)N3CCN(C(=O)OC(C)(C)C)CC3)c(C3CC3)cc2=O)C(C)(C)C1. The highest BCUT2D eigenvalue weighted by molar-refractivity contribution is 5.96. The van der Waals surface area contributed by atoms with Crippen molar-refractivity contribution in [2.45, 2.75) is 123 Å².